The molecule has 1 aromatic rings. The molecule has 0 amide bonds. The van der Waals surface area contributed by atoms with E-state index < -0.39 is 0 Å². The number of aryl methyl sites for hydroxylation is 1. The molecule has 0 aliphatic heterocycles. The van der Waals surface area contributed by atoms with Crippen molar-refractivity contribution in [3.8, 4) is 0 Å². The summed E-state index contributed by atoms with van der Waals surface area (Å²) in [5.41, 5.74) is 5.92. The number of nitrogens with zero attached hydrogens (tertiary/aromatic N) is 3. The van der Waals surface area contributed by atoms with Gasteiger partial charge < -0.3 is 15.6 Å². The van der Waals surface area contributed by atoms with E-state index in [1.54, 1.807) is 0 Å². The predicted octanol–water partition coefficient (Wildman–Crippen LogP) is 3.24. The molecule has 0 aliphatic rings. The van der Waals surface area contributed by atoms with Gasteiger partial charge in [-0.05, 0) is 25.7 Å². The van der Waals surface area contributed by atoms with Crippen LogP contribution in [0.4, 0.5) is 0 Å². The van der Waals surface area contributed by atoms with E-state index in [1.165, 1.54) is 12.8 Å². The summed E-state index contributed by atoms with van der Waals surface area (Å²) in [5.74, 6) is 3.02. The van der Waals surface area contributed by atoms with Crippen molar-refractivity contribution in [3.63, 3.8) is 0 Å². The summed E-state index contributed by atoms with van der Waals surface area (Å²) in [6.07, 6.45) is 5.18. The normalized spacial score (nSPS) is 13.8. The molecule has 0 saturated heterocycles. The Morgan fingerprint density at radius 2 is 1.91 bits per heavy atom. The lowest BCUT2D eigenvalue weighted by atomic mass is 10.0. The maximum atomic E-state index is 5.92. The van der Waals surface area contributed by atoms with Crippen LogP contribution in [0.25, 0.3) is 0 Å². The van der Waals surface area contributed by atoms with Crippen LogP contribution in [0.15, 0.2) is 9.52 Å². The van der Waals surface area contributed by atoms with E-state index >= 15 is 0 Å². The average Bonchev–Trinajstić information content (AvgIpc) is 2.92. The summed E-state index contributed by atoms with van der Waals surface area (Å²) in [6, 6.07) is 0.363. The molecule has 1 unspecified atom stereocenters. The molecule has 0 spiro atoms. The van der Waals surface area contributed by atoms with Crippen molar-refractivity contribution in [2.24, 2.45) is 16.6 Å². The standard InChI is InChI=1S/C17H33N5O/c1-12(2)8-6-9-14(5)20-17(18)19-11-7-10-15-21-16(13(3)4)22-23-15/h12-14H,6-11H2,1-5H3,(H3,18,19,20). The fraction of sp³-hybridized carbons (Fsp3) is 0.824. The summed E-state index contributed by atoms with van der Waals surface area (Å²) < 4.78 is 5.20. The quantitative estimate of drug-likeness (QED) is 0.392. The number of hydrogen-bond acceptors (Lipinski definition) is 4. The monoisotopic (exact) mass is 323 g/mol. The Balaban J connectivity index is 2.20. The molecule has 0 aromatic carbocycles. The first kappa shape index (κ1) is 19.5. The molecular formula is C17H33N5O. The summed E-state index contributed by atoms with van der Waals surface area (Å²) in [6.45, 7) is 11.4. The van der Waals surface area contributed by atoms with E-state index in [1.807, 2.05) is 13.8 Å². The topological polar surface area (TPSA) is 89.3 Å². The lowest BCUT2D eigenvalue weighted by Gasteiger charge is -2.15. The third-order valence-corrected chi connectivity index (χ3v) is 3.64. The number of guanidine groups is 1. The van der Waals surface area contributed by atoms with Crippen molar-refractivity contribution in [1.82, 2.24) is 15.5 Å². The Kier molecular flexibility index (Phi) is 8.66. The van der Waals surface area contributed by atoms with Crippen LogP contribution in [-0.4, -0.2) is 28.7 Å². The third-order valence-electron chi connectivity index (χ3n) is 3.64. The minimum atomic E-state index is 0.294. The molecule has 1 atom stereocenters. The van der Waals surface area contributed by atoms with Gasteiger partial charge in [0.2, 0.25) is 5.89 Å². The summed E-state index contributed by atoms with van der Waals surface area (Å²) >= 11 is 0. The molecule has 0 aliphatic carbocycles. The van der Waals surface area contributed by atoms with E-state index in [0.29, 0.717) is 30.4 Å². The Morgan fingerprint density at radius 1 is 1.17 bits per heavy atom. The fourth-order valence-corrected chi connectivity index (χ4v) is 2.24. The second kappa shape index (κ2) is 10.2. The van der Waals surface area contributed by atoms with Crippen LogP contribution in [-0.2, 0) is 6.42 Å². The second-order valence-corrected chi connectivity index (χ2v) is 6.94. The molecule has 132 valence electrons. The van der Waals surface area contributed by atoms with Crippen molar-refractivity contribution >= 4 is 5.96 Å². The minimum Gasteiger partial charge on any atom is -0.370 e. The molecule has 0 bridgehead atoms. The number of nitrogens with one attached hydrogen (secondary N) is 1. The zero-order valence-electron chi connectivity index (χ0n) is 15.3. The van der Waals surface area contributed by atoms with Gasteiger partial charge in [0.25, 0.3) is 0 Å². The van der Waals surface area contributed by atoms with Gasteiger partial charge in [-0.3, -0.25) is 4.99 Å². The van der Waals surface area contributed by atoms with E-state index in [4.69, 9.17) is 10.3 Å². The van der Waals surface area contributed by atoms with Crippen LogP contribution >= 0.6 is 0 Å². The van der Waals surface area contributed by atoms with Crippen LogP contribution in [0.1, 0.15) is 77.9 Å². The lowest BCUT2D eigenvalue weighted by molar-refractivity contribution is 0.369. The maximum absolute atomic E-state index is 5.92. The Bertz CT molecular complexity index is 467. The number of rotatable bonds is 10. The Hall–Kier alpha value is -1.59. The van der Waals surface area contributed by atoms with Crippen molar-refractivity contribution in [1.29, 1.82) is 0 Å². The highest BCUT2D eigenvalue weighted by Crippen LogP contribution is 2.10. The van der Waals surface area contributed by atoms with Gasteiger partial charge in [-0.1, -0.05) is 45.7 Å². The highest BCUT2D eigenvalue weighted by Gasteiger charge is 2.09. The molecule has 6 nitrogen and oxygen atoms in total. The van der Waals surface area contributed by atoms with Crippen molar-refractivity contribution in [2.75, 3.05) is 6.54 Å². The first-order valence-electron chi connectivity index (χ1n) is 8.77. The molecule has 1 rings (SSSR count). The average molecular weight is 323 g/mol. The minimum absolute atomic E-state index is 0.294. The van der Waals surface area contributed by atoms with Crippen LogP contribution in [0, 0.1) is 5.92 Å². The second-order valence-electron chi connectivity index (χ2n) is 6.94. The molecule has 1 aromatic heterocycles. The van der Waals surface area contributed by atoms with Crippen molar-refractivity contribution in [2.45, 2.75) is 78.7 Å². The molecule has 1 heterocycles. The smallest absolute Gasteiger partial charge is 0.226 e. The molecule has 6 heteroatoms. The SMILES string of the molecule is CC(C)CCCC(C)NC(N)=NCCCc1nc(C(C)C)no1. The number of nitrogens with two attached hydrogens (primary N) is 1. The lowest BCUT2D eigenvalue weighted by Crippen LogP contribution is -2.38. The van der Waals surface area contributed by atoms with E-state index in [-0.39, 0.29) is 0 Å². The van der Waals surface area contributed by atoms with E-state index in [9.17, 15) is 0 Å². The molecule has 0 fully saturated rings. The first-order chi connectivity index (χ1) is 10.9. The summed E-state index contributed by atoms with van der Waals surface area (Å²) in [5, 5.41) is 7.20. The van der Waals surface area contributed by atoms with Crippen molar-refractivity contribution < 1.29 is 4.52 Å². The van der Waals surface area contributed by atoms with E-state index in [2.05, 4.69) is 41.2 Å². The third kappa shape index (κ3) is 8.57. The molecule has 3 N–H and O–H groups in total. The van der Waals surface area contributed by atoms with Gasteiger partial charge in [0.05, 0.1) is 0 Å². The number of aromatic nitrogens is 2. The Morgan fingerprint density at radius 3 is 2.52 bits per heavy atom. The van der Waals surface area contributed by atoms with Gasteiger partial charge in [-0.15, -0.1) is 0 Å². The fourth-order valence-electron chi connectivity index (χ4n) is 2.24. The largest absolute Gasteiger partial charge is 0.370 e. The van der Waals surface area contributed by atoms with Crippen LogP contribution in [0.3, 0.4) is 0 Å². The first-order valence-corrected chi connectivity index (χ1v) is 8.77. The zero-order chi connectivity index (χ0) is 17.2. The van der Waals surface area contributed by atoms with Crippen molar-refractivity contribution in [3.05, 3.63) is 11.7 Å². The molecule has 23 heavy (non-hydrogen) atoms. The summed E-state index contributed by atoms with van der Waals surface area (Å²) in [4.78, 5) is 8.71. The van der Waals surface area contributed by atoms with Gasteiger partial charge >= 0.3 is 0 Å². The van der Waals surface area contributed by atoms with Gasteiger partial charge in [-0.2, -0.15) is 4.98 Å². The highest BCUT2D eigenvalue weighted by molar-refractivity contribution is 5.78. The van der Waals surface area contributed by atoms with Gasteiger partial charge in [-0.25, -0.2) is 0 Å². The van der Waals surface area contributed by atoms with Crippen LogP contribution in [0.2, 0.25) is 0 Å². The van der Waals surface area contributed by atoms with Gasteiger partial charge in [0, 0.05) is 24.9 Å². The van der Waals surface area contributed by atoms with E-state index in [0.717, 1.165) is 31.0 Å². The number of hydrogen-bond donors (Lipinski definition) is 2. The number of aliphatic imine (C=N–C) groups is 1. The van der Waals surface area contributed by atoms with Crippen LogP contribution < -0.4 is 11.1 Å². The maximum Gasteiger partial charge on any atom is 0.226 e. The predicted molar refractivity (Wildman–Crippen MR) is 94.5 cm³/mol. The summed E-state index contributed by atoms with van der Waals surface area (Å²) in [7, 11) is 0. The van der Waals surface area contributed by atoms with Crippen LogP contribution in [0.5, 0.6) is 0 Å². The molecular weight excluding hydrogens is 290 g/mol. The Labute approximate surface area is 140 Å². The molecule has 0 saturated carbocycles. The molecule has 0 radical (unpaired) electrons. The highest BCUT2D eigenvalue weighted by atomic mass is 16.5. The van der Waals surface area contributed by atoms with Gasteiger partial charge in [0.1, 0.15) is 0 Å². The zero-order valence-corrected chi connectivity index (χ0v) is 15.3. The van der Waals surface area contributed by atoms with Gasteiger partial charge in [0.15, 0.2) is 11.8 Å².